The average Bonchev–Trinajstić information content (AvgIpc) is 1.98. The molecule has 1 unspecified atom stereocenters. The largest absolute Gasteiger partial charge is 0.0708 e. The van der Waals surface area contributed by atoms with Gasteiger partial charge in [-0.3, -0.25) is 0 Å². The van der Waals surface area contributed by atoms with Crippen LogP contribution in [-0.2, 0) is 0 Å². The fourth-order valence-corrected chi connectivity index (χ4v) is 1.43. The Bertz CT molecular complexity index is 189. The predicted molar refractivity (Wildman–Crippen MR) is 61.8 cm³/mol. The van der Waals surface area contributed by atoms with Gasteiger partial charge in [0.2, 0.25) is 0 Å². The molecule has 1 atom stereocenters. The summed E-state index contributed by atoms with van der Waals surface area (Å²) in [5, 5.41) is 0. The molecule has 0 rings (SSSR count). The molecule has 0 N–H and O–H groups in total. The molecule has 0 saturated carbocycles. The van der Waals surface area contributed by atoms with Gasteiger partial charge < -0.3 is 0 Å². The Morgan fingerprint density at radius 1 is 0.923 bits per heavy atom. The average molecular weight is 182 g/mol. The second-order valence-electron chi connectivity index (χ2n) is 5.59. The number of hydrogen-bond acceptors (Lipinski definition) is 0. The Kier molecular flexibility index (Phi) is 4.22. The first-order valence-corrected chi connectivity index (χ1v) is 5.35. The second kappa shape index (κ2) is 4.30. The zero-order valence-corrected chi connectivity index (χ0v) is 10.7. The van der Waals surface area contributed by atoms with Gasteiger partial charge in [-0.15, -0.1) is 0 Å². The molecular formula is C13H26. The lowest BCUT2D eigenvalue weighted by Crippen LogP contribution is -2.14. The van der Waals surface area contributed by atoms with Crippen molar-refractivity contribution in [3.05, 3.63) is 11.1 Å². The maximum absolute atomic E-state index is 2.33. The smallest absolute Gasteiger partial charge is 0.0173 e. The van der Waals surface area contributed by atoms with Crippen LogP contribution in [0.15, 0.2) is 11.1 Å². The zero-order chi connectivity index (χ0) is 10.8. The first kappa shape index (κ1) is 12.7. The van der Waals surface area contributed by atoms with Crippen LogP contribution in [0.4, 0.5) is 0 Å². The van der Waals surface area contributed by atoms with Crippen molar-refractivity contribution in [3.63, 3.8) is 0 Å². The Balaban J connectivity index is 4.82. The molecule has 0 amide bonds. The minimum absolute atomic E-state index is 0.327. The van der Waals surface area contributed by atoms with Crippen LogP contribution >= 0.6 is 0 Å². The topological polar surface area (TPSA) is 0 Å². The van der Waals surface area contributed by atoms with Gasteiger partial charge in [-0.2, -0.15) is 0 Å². The molecule has 0 aromatic heterocycles. The van der Waals surface area contributed by atoms with E-state index in [1.807, 2.05) is 0 Å². The molecule has 0 aromatic rings. The summed E-state index contributed by atoms with van der Waals surface area (Å²) < 4.78 is 0. The summed E-state index contributed by atoms with van der Waals surface area (Å²) in [5.41, 5.74) is 3.45. The van der Waals surface area contributed by atoms with Crippen molar-refractivity contribution >= 4 is 0 Å². The van der Waals surface area contributed by atoms with Crippen LogP contribution in [0.2, 0.25) is 0 Å². The second-order valence-corrected chi connectivity index (χ2v) is 5.59. The molecule has 0 aliphatic rings. The summed E-state index contributed by atoms with van der Waals surface area (Å²) in [6.45, 7) is 18.3. The van der Waals surface area contributed by atoms with E-state index in [0.717, 1.165) is 5.92 Å². The molecule has 0 aromatic carbocycles. The van der Waals surface area contributed by atoms with Crippen molar-refractivity contribution in [2.45, 2.75) is 55.4 Å². The molecule has 0 saturated heterocycles. The normalized spacial score (nSPS) is 17.3. The van der Waals surface area contributed by atoms with Crippen LogP contribution in [0.1, 0.15) is 55.4 Å². The van der Waals surface area contributed by atoms with E-state index in [9.17, 15) is 0 Å². The van der Waals surface area contributed by atoms with Gasteiger partial charge in [0.15, 0.2) is 0 Å². The van der Waals surface area contributed by atoms with E-state index in [1.165, 1.54) is 0 Å². The van der Waals surface area contributed by atoms with Crippen LogP contribution < -0.4 is 0 Å². The van der Waals surface area contributed by atoms with Gasteiger partial charge in [0.05, 0.1) is 0 Å². The number of allylic oxidation sites excluding steroid dienone is 2. The van der Waals surface area contributed by atoms with E-state index >= 15 is 0 Å². The van der Waals surface area contributed by atoms with Gasteiger partial charge in [0, 0.05) is 0 Å². The molecule has 0 nitrogen and oxygen atoms in total. The minimum Gasteiger partial charge on any atom is -0.0708 e. The molecular weight excluding hydrogens is 156 g/mol. The first-order valence-electron chi connectivity index (χ1n) is 5.35. The monoisotopic (exact) mass is 182 g/mol. The third-order valence-electron chi connectivity index (χ3n) is 3.40. The molecule has 0 heteroatoms. The van der Waals surface area contributed by atoms with E-state index in [0.29, 0.717) is 11.3 Å². The molecule has 0 spiro atoms. The van der Waals surface area contributed by atoms with Gasteiger partial charge in [-0.05, 0) is 31.1 Å². The van der Waals surface area contributed by atoms with Crippen molar-refractivity contribution in [1.82, 2.24) is 0 Å². The van der Waals surface area contributed by atoms with E-state index in [-0.39, 0.29) is 0 Å². The summed E-state index contributed by atoms with van der Waals surface area (Å²) in [6.07, 6.45) is 0. The maximum Gasteiger partial charge on any atom is -0.0173 e. The van der Waals surface area contributed by atoms with Crippen LogP contribution in [0, 0.1) is 17.3 Å². The molecule has 78 valence electrons. The molecule has 0 heterocycles. The maximum atomic E-state index is 2.33. The van der Waals surface area contributed by atoms with Crippen LogP contribution in [0.3, 0.4) is 0 Å². The fraction of sp³-hybridized carbons (Fsp3) is 0.846. The molecule has 0 aliphatic heterocycles. The fourth-order valence-electron chi connectivity index (χ4n) is 1.43. The van der Waals surface area contributed by atoms with E-state index in [4.69, 9.17) is 0 Å². The standard InChI is InChI=1S/C13H26/c1-9(2)10(3)11(4)12(5)13(6,7)8/h9-10H,1-8H3. The Morgan fingerprint density at radius 2 is 1.31 bits per heavy atom. The Morgan fingerprint density at radius 3 is 1.54 bits per heavy atom. The quantitative estimate of drug-likeness (QED) is 0.545. The highest BCUT2D eigenvalue weighted by Gasteiger charge is 2.19. The van der Waals surface area contributed by atoms with Crippen LogP contribution in [0.25, 0.3) is 0 Å². The molecule has 0 radical (unpaired) electrons. The third-order valence-corrected chi connectivity index (χ3v) is 3.40. The van der Waals surface area contributed by atoms with Gasteiger partial charge in [-0.25, -0.2) is 0 Å². The number of hydrogen-bond donors (Lipinski definition) is 0. The Labute approximate surface area is 84.4 Å². The molecule has 0 aliphatic carbocycles. The highest BCUT2D eigenvalue weighted by Crippen LogP contribution is 2.32. The number of rotatable bonds is 2. The molecule has 0 fully saturated rings. The van der Waals surface area contributed by atoms with E-state index < -0.39 is 0 Å². The van der Waals surface area contributed by atoms with Crippen LogP contribution in [0.5, 0.6) is 0 Å². The van der Waals surface area contributed by atoms with E-state index in [2.05, 4.69) is 55.4 Å². The predicted octanol–water partition coefficient (Wildman–Crippen LogP) is 4.66. The van der Waals surface area contributed by atoms with Gasteiger partial charge in [0.1, 0.15) is 0 Å². The summed E-state index contributed by atoms with van der Waals surface area (Å²) in [5.74, 6) is 1.46. The van der Waals surface area contributed by atoms with Crippen molar-refractivity contribution in [3.8, 4) is 0 Å². The van der Waals surface area contributed by atoms with Crippen molar-refractivity contribution in [2.24, 2.45) is 17.3 Å². The van der Waals surface area contributed by atoms with Crippen LogP contribution in [-0.4, -0.2) is 0 Å². The SMILES string of the molecule is CC(=C(C)C(C)(C)C)C(C)C(C)C. The summed E-state index contributed by atoms with van der Waals surface area (Å²) in [6, 6.07) is 0. The highest BCUT2D eigenvalue weighted by atomic mass is 14.2. The third kappa shape index (κ3) is 3.54. The van der Waals surface area contributed by atoms with Crippen molar-refractivity contribution in [2.75, 3.05) is 0 Å². The van der Waals surface area contributed by atoms with Gasteiger partial charge in [-0.1, -0.05) is 52.7 Å². The first-order chi connectivity index (χ1) is 5.68. The minimum atomic E-state index is 0.327. The lowest BCUT2D eigenvalue weighted by molar-refractivity contribution is 0.443. The van der Waals surface area contributed by atoms with Gasteiger partial charge in [0.25, 0.3) is 0 Å². The van der Waals surface area contributed by atoms with E-state index in [1.54, 1.807) is 11.1 Å². The summed E-state index contributed by atoms with van der Waals surface area (Å²) in [4.78, 5) is 0. The molecule has 13 heavy (non-hydrogen) atoms. The summed E-state index contributed by atoms with van der Waals surface area (Å²) in [7, 11) is 0. The summed E-state index contributed by atoms with van der Waals surface area (Å²) >= 11 is 0. The highest BCUT2D eigenvalue weighted by molar-refractivity contribution is 5.18. The zero-order valence-electron chi connectivity index (χ0n) is 10.7. The molecule has 0 bridgehead atoms. The Hall–Kier alpha value is -0.260. The lowest BCUT2D eigenvalue weighted by Gasteiger charge is -2.27. The van der Waals surface area contributed by atoms with Crippen molar-refractivity contribution in [1.29, 1.82) is 0 Å². The van der Waals surface area contributed by atoms with Gasteiger partial charge >= 0.3 is 0 Å². The van der Waals surface area contributed by atoms with Crippen molar-refractivity contribution < 1.29 is 0 Å². The lowest BCUT2D eigenvalue weighted by atomic mass is 9.79.